The summed E-state index contributed by atoms with van der Waals surface area (Å²) in [5, 5.41) is 1.73. The topological polar surface area (TPSA) is 53.1 Å². The summed E-state index contributed by atoms with van der Waals surface area (Å²) in [6.45, 7) is 2.07. The second-order valence-electron chi connectivity index (χ2n) is 8.68. The molecule has 2 fully saturated rings. The Kier molecular flexibility index (Phi) is 5.38. The van der Waals surface area contributed by atoms with Crippen LogP contribution < -0.4 is 14.9 Å². The summed E-state index contributed by atoms with van der Waals surface area (Å²) in [5.74, 6) is -1.18. The van der Waals surface area contributed by atoms with Gasteiger partial charge in [0.25, 0.3) is 5.91 Å². The molecular weight excluding hydrogens is 414 g/mol. The molecule has 0 aromatic heterocycles. The van der Waals surface area contributed by atoms with Gasteiger partial charge in [-0.25, -0.2) is 9.96 Å². The molecule has 0 aliphatic carbocycles. The number of hydrogen-bond acceptors (Lipinski definition) is 5. The van der Waals surface area contributed by atoms with Crippen LogP contribution in [0.4, 0.5) is 17.1 Å². The summed E-state index contributed by atoms with van der Waals surface area (Å²) in [6.07, 6.45) is 0.0372. The average molecular weight is 442 g/mol. The molecule has 2 aliphatic rings. The molecule has 168 valence electrons. The lowest BCUT2D eigenvalue weighted by Gasteiger charge is -2.29. The summed E-state index contributed by atoms with van der Waals surface area (Å²) in [7, 11) is 3.97. The number of carbonyl (C=O) groups excluding carboxylic acids is 2. The Labute approximate surface area is 193 Å². The highest BCUT2D eigenvalue weighted by atomic mass is 16.7. The van der Waals surface area contributed by atoms with Crippen LogP contribution in [0.25, 0.3) is 0 Å². The fourth-order valence-electron chi connectivity index (χ4n) is 4.66. The number of rotatable bonds is 5. The fourth-order valence-corrected chi connectivity index (χ4v) is 4.66. The monoisotopic (exact) mass is 441 g/mol. The van der Waals surface area contributed by atoms with Crippen molar-refractivity contribution in [2.75, 3.05) is 29.0 Å². The van der Waals surface area contributed by atoms with E-state index in [2.05, 4.69) is 6.92 Å². The molecule has 2 aliphatic heterocycles. The summed E-state index contributed by atoms with van der Waals surface area (Å²) < 4.78 is 0. The Hall–Kier alpha value is -3.64. The predicted octanol–water partition coefficient (Wildman–Crippen LogP) is 4.37. The van der Waals surface area contributed by atoms with Crippen LogP contribution in [0.5, 0.6) is 0 Å². The van der Waals surface area contributed by atoms with Crippen LogP contribution in [0, 0.1) is 5.92 Å². The lowest BCUT2D eigenvalue weighted by atomic mass is 9.90. The van der Waals surface area contributed by atoms with Crippen molar-refractivity contribution in [2.45, 2.75) is 25.5 Å². The minimum atomic E-state index is -0.859. The van der Waals surface area contributed by atoms with Gasteiger partial charge in [-0.15, -0.1) is 0 Å². The van der Waals surface area contributed by atoms with Gasteiger partial charge in [0.1, 0.15) is 5.92 Å². The maximum Gasteiger partial charge on any atom is 0.266 e. The number of aryl methyl sites for hydroxylation is 1. The van der Waals surface area contributed by atoms with E-state index < -0.39 is 18.1 Å². The van der Waals surface area contributed by atoms with Crippen molar-refractivity contribution >= 4 is 28.9 Å². The van der Waals surface area contributed by atoms with E-state index in [4.69, 9.17) is 4.84 Å². The van der Waals surface area contributed by atoms with Gasteiger partial charge in [0.15, 0.2) is 6.10 Å². The molecule has 0 spiro atoms. The quantitative estimate of drug-likeness (QED) is 0.551. The standard InChI is InChI=1S/C27H27N3O3/c1-4-18-10-14-21(15-11-18)29-26(31)23-24(19-12-16-20(17-13-19)28(2)3)30(33-25(23)27(29)32)22-8-6-5-7-9-22/h5-17,23-25H,4H2,1-3H3. The lowest BCUT2D eigenvalue weighted by Crippen LogP contribution is -2.37. The molecule has 5 rings (SSSR count). The Morgan fingerprint density at radius 3 is 2.09 bits per heavy atom. The Bertz CT molecular complexity index is 1160. The van der Waals surface area contributed by atoms with Gasteiger partial charge in [-0.1, -0.05) is 49.4 Å². The minimum absolute atomic E-state index is 0.227. The Balaban J connectivity index is 1.55. The van der Waals surface area contributed by atoms with Crippen molar-refractivity contribution in [3.8, 4) is 0 Å². The molecule has 3 aromatic carbocycles. The van der Waals surface area contributed by atoms with Crippen molar-refractivity contribution in [1.82, 2.24) is 0 Å². The molecular formula is C27H27N3O3. The fraction of sp³-hybridized carbons (Fsp3) is 0.259. The molecule has 0 bridgehead atoms. The average Bonchev–Trinajstić information content (AvgIpc) is 3.36. The molecule has 0 saturated carbocycles. The molecule has 3 unspecified atom stereocenters. The van der Waals surface area contributed by atoms with E-state index in [1.165, 1.54) is 4.90 Å². The van der Waals surface area contributed by atoms with Crippen molar-refractivity contribution in [3.63, 3.8) is 0 Å². The van der Waals surface area contributed by atoms with Gasteiger partial charge in [-0.2, -0.15) is 0 Å². The molecule has 0 radical (unpaired) electrons. The van der Waals surface area contributed by atoms with Crippen LogP contribution in [0.15, 0.2) is 78.9 Å². The molecule has 33 heavy (non-hydrogen) atoms. The highest BCUT2D eigenvalue weighted by Gasteiger charge is 2.60. The number of para-hydroxylation sites is 1. The van der Waals surface area contributed by atoms with E-state index >= 15 is 0 Å². The van der Waals surface area contributed by atoms with E-state index in [1.807, 2.05) is 97.9 Å². The van der Waals surface area contributed by atoms with Gasteiger partial charge in [0.05, 0.1) is 17.4 Å². The molecule has 2 heterocycles. The minimum Gasteiger partial charge on any atom is -0.378 e. The highest BCUT2D eigenvalue weighted by molar-refractivity contribution is 6.23. The maximum absolute atomic E-state index is 13.7. The van der Waals surface area contributed by atoms with Crippen molar-refractivity contribution in [1.29, 1.82) is 0 Å². The van der Waals surface area contributed by atoms with Gasteiger partial charge in [-0.3, -0.25) is 14.4 Å². The molecule has 6 heteroatoms. The third-order valence-corrected chi connectivity index (χ3v) is 6.48. The van der Waals surface area contributed by atoms with Crippen molar-refractivity contribution in [3.05, 3.63) is 90.0 Å². The number of hydrogen-bond donors (Lipinski definition) is 0. The number of benzene rings is 3. The first-order chi connectivity index (χ1) is 16.0. The van der Waals surface area contributed by atoms with Crippen molar-refractivity contribution < 1.29 is 14.4 Å². The number of imide groups is 1. The second-order valence-corrected chi connectivity index (χ2v) is 8.68. The van der Waals surface area contributed by atoms with Gasteiger partial charge >= 0.3 is 0 Å². The third kappa shape index (κ3) is 3.56. The van der Waals surface area contributed by atoms with E-state index in [1.54, 1.807) is 5.06 Å². The van der Waals surface area contributed by atoms with Crippen LogP contribution in [0.3, 0.4) is 0 Å². The smallest absolute Gasteiger partial charge is 0.266 e. The summed E-state index contributed by atoms with van der Waals surface area (Å²) in [6, 6.07) is 24.9. The van der Waals surface area contributed by atoms with Crippen molar-refractivity contribution in [2.24, 2.45) is 5.92 Å². The SMILES string of the molecule is CCc1ccc(N2C(=O)C3ON(c4ccccc4)C(c4ccc(N(C)C)cc4)C3C2=O)cc1. The number of nitrogens with zero attached hydrogens (tertiary/aromatic N) is 3. The first-order valence-corrected chi connectivity index (χ1v) is 11.2. The van der Waals surface area contributed by atoms with Gasteiger partial charge < -0.3 is 4.90 Å². The van der Waals surface area contributed by atoms with Crippen LogP contribution in [-0.4, -0.2) is 32.0 Å². The molecule has 2 saturated heterocycles. The maximum atomic E-state index is 13.7. The molecule has 3 atom stereocenters. The van der Waals surface area contributed by atoms with Gasteiger partial charge in [0, 0.05) is 19.8 Å². The predicted molar refractivity (Wildman–Crippen MR) is 129 cm³/mol. The van der Waals surface area contributed by atoms with Gasteiger partial charge in [0.2, 0.25) is 5.91 Å². The van der Waals surface area contributed by atoms with Crippen LogP contribution >= 0.6 is 0 Å². The first kappa shape index (κ1) is 21.2. The van der Waals surface area contributed by atoms with E-state index in [9.17, 15) is 9.59 Å². The molecule has 3 aromatic rings. The third-order valence-electron chi connectivity index (χ3n) is 6.48. The zero-order chi connectivity index (χ0) is 23.1. The molecule has 0 N–H and O–H groups in total. The second kappa shape index (κ2) is 8.37. The largest absolute Gasteiger partial charge is 0.378 e. The summed E-state index contributed by atoms with van der Waals surface area (Å²) >= 11 is 0. The zero-order valence-corrected chi connectivity index (χ0v) is 19.0. The number of carbonyl (C=O) groups is 2. The number of fused-ring (bicyclic) bond motifs is 1. The molecule has 6 nitrogen and oxygen atoms in total. The zero-order valence-electron chi connectivity index (χ0n) is 19.0. The summed E-state index contributed by atoms with van der Waals surface area (Å²) in [4.78, 5) is 36.6. The van der Waals surface area contributed by atoms with Crippen LogP contribution in [-0.2, 0) is 20.8 Å². The Morgan fingerprint density at radius 1 is 0.818 bits per heavy atom. The van der Waals surface area contributed by atoms with Crippen LogP contribution in [0.1, 0.15) is 24.1 Å². The number of amides is 2. The number of anilines is 3. The molecule has 2 amide bonds. The summed E-state index contributed by atoms with van der Waals surface area (Å²) in [5.41, 5.74) is 4.55. The van der Waals surface area contributed by atoms with E-state index in [0.29, 0.717) is 5.69 Å². The normalized spacial score (nSPS) is 22.1. The lowest BCUT2D eigenvalue weighted by molar-refractivity contribution is -0.126. The number of hydroxylamine groups is 1. The van der Waals surface area contributed by atoms with Gasteiger partial charge in [-0.05, 0) is 53.9 Å². The Morgan fingerprint density at radius 2 is 1.48 bits per heavy atom. The highest BCUT2D eigenvalue weighted by Crippen LogP contribution is 2.47. The first-order valence-electron chi connectivity index (χ1n) is 11.2. The van der Waals surface area contributed by atoms with E-state index in [-0.39, 0.29) is 11.8 Å². The van der Waals surface area contributed by atoms with Crippen LogP contribution in [0.2, 0.25) is 0 Å². The van der Waals surface area contributed by atoms with E-state index in [0.717, 1.165) is 28.9 Å².